The van der Waals surface area contributed by atoms with E-state index in [1.165, 1.54) is 19.2 Å². The quantitative estimate of drug-likeness (QED) is 0.893. The Labute approximate surface area is 102 Å². The fourth-order valence-corrected chi connectivity index (χ4v) is 1.49. The van der Waals surface area contributed by atoms with Gasteiger partial charge in [0.15, 0.2) is 10.9 Å². The maximum atomic E-state index is 13.5. The molecule has 90 valence electrons. The molecule has 0 saturated heterocycles. The first-order valence-electron chi connectivity index (χ1n) is 4.70. The van der Waals surface area contributed by atoms with Gasteiger partial charge in [-0.25, -0.2) is 9.18 Å². The highest BCUT2D eigenvalue weighted by Gasteiger charge is 2.12. The van der Waals surface area contributed by atoms with Gasteiger partial charge in [-0.1, -0.05) is 17.8 Å². The van der Waals surface area contributed by atoms with E-state index in [-0.39, 0.29) is 10.8 Å². The molecular formula is C11H10FNO3S. The van der Waals surface area contributed by atoms with Gasteiger partial charge in [-0.05, 0) is 12.1 Å². The van der Waals surface area contributed by atoms with E-state index < -0.39 is 17.3 Å². The topological polar surface area (TPSA) is 67.3 Å². The fourth-order valence-electron chi connectivity index (χ4n) is 1.07. The van der Waals surface area contributed by atoms with Crippen LogP contribution >= 0.6 is 11.8 Å². The van der Waals surface area contributed by atoms with Crippen LogP contribution in [0.25, 0.3) is 6.08 Å². The van der Waals surface area contributed by atoms with Crippen molar-refractivity contribution in [3.8, 4) is 0 Å². The summed E-state index contributed by atoms with van der Waals surface area (Å²) < 4.78 is 13.5. The second-order valence-electron chi connectivity index (χ2n) is 3.07. The van der Waals surface area contributed by atoms with Crippen molar-refractivity contribution in [1.82, 2.24) is 4.98 Å². The van der Waals surface area contributed by atoms with Crippen LogP contribution in [0.4, 0.5) is 4.39 Å². The molecule has 1 heterocycles. The molecule has 0 fully saturated rings. The highest BCUT2D eigenvalue weighted by Crippen LogP contribution is 2.12. The minimum Gasteiger partial charge on any atom is -0.478 e. The fraction of sp³-hybridized carbons (Fsp3) is 0.182. The Balaban J connectivity index is 2.81. The molecule has 0 saturated carbocycles. The Morgan fingerprint density at radius 3 is 2.88 bits per heavy atom. The predicted molar refractivity (Wildman–Crippen MR) is 63.3 cm³/mol. The van der Waals surface area contributed by atoms with Crippen molar-refractivity contribution in [3.05, 3.63) is 35.4 Å². The Morgan fingerprint density at radius 2 is 2.29 bits per heavy atom. The molecule has 6 heteroatoms. The van der Waals surface area contributed by atoms with Crippen molar-refractivity contribution in [1.29, 1.82) is 0 Å². The van der Waals surface area contributed by atoms with Crippen molar-refractivity contribution >= 4 is 28.9 Å². The van der Waals surface area contributed by atoms with E-state index >= 15 is 0 Å². The van der Waals surface area contributed by atoms with Crippen LogP contribution in [0.2, 0.25) is 0 Å². The first-order chi connectivity index (χ1) is 8.02. The van der Waals surface area contributed by atoms with Gasteiger partial charge in [-0.3, -0.25) is 9.78 Å². The van der Waals surface area contributed by atoms with E-state index in [0.29, 0.717) is 5.75 Å². The third-order valence-electron chi connectivity index (χ3n) is 1.81. The molecule has 17 heavy (non-hydrogen) atoms. The van der Waals surface area contributed by atoms with Gasteiger partial charge in [0.2, 0.25) is 0 Å². The summed E-state index contributed by atoms with van der Waals surface area (Å²) in [6.45, 7) is 1.43. The van der Waals surface area contributed by atoms with Gasteiger partial charge >= 0.3 is 5.97 Å². The van der Waals surface area contributed by atoms with Crippen LogP contribution in [0.15, 0.2) is 18.3 Å². The standard InChI is InChI=1S/C11H10FNO3S/c1-7(14)17-6-2-3-9-10(12)8(11(15)16)4-5-13-9/h2-5H,6H2,1H3,(H,15,16). The van der Waals surface area contributed by atoms with E-state index in [0.717, 1.165) is 17.8 Å². The maximum Gasteiger partial charge on any atom is 0.338 e. The number of halogens is 1. The molecule has 0 radical (unpaired) electrons. The number of nitrogens with zero attached hydrogens (tertiary/aromatic N) is 1. The second kappa shape index (κ2) is 6.15. The zero-order valence-corrected chi connectivity index (χ0v) is 9.83. The summed E-state index contributed by atoms with van der Waals surface area (Å²) in [4.78, 5) is 25.0. The van der Waals surface area contributed by atoms with Crippen molar-refractivity contribution in [2.75, 3.05) is 5.75 Å². The number of hydrogen-bond acceptors (Lipinski definition) is 4. The van der Waals surface area contributed by atoms with Crippen molar-refractivity contribution in [3.63, 3.8) is 0 Å². The Morgan fingerprint density at radius 1 is 1.59 bits per heavy atom. The molecule has 0 aliphatic rings. The van der Waals surface area contributed by atoms with Gasteiger partial charge in [0.05, 0.1) is 11.3 Å². The molecule has 1 aromatic heterocycles. The monoisotopic (exact) mass is 255 g/mol. The molecule has 0 aromatic carbocycles. The van der Waals surface area contributed by atoms with E-state index in [1.807, 2.05) is 0 Å². The summed E-state index contributed by atoms with van der Waals surface area (Å²) in [7, 11) is 0. The molecule has 1 aromatic rings. The van der Waals surface area contributed by atoms with Crippen molar-refractivity contribution in [2.45, 2.75) is 6.92 Å². The SMILES string of the molecule is CC(=O)SCC=Cc1nccc(C(=O)O)c1F. The predicted octanol–water partition coefficient (Wildman–Crippen LogP) is 2.21. The zero-order valence-electron chi connectivity index (χ0n) is 9.01. The largest absolute Gasteiger partial charge is 0.478 e. The van der Waals surface area contributed by atoms with Crippen LogP contribution in [0.1, 0.15) is 23.0 Å². The first kappa shape index (κ1) is 13.4. The van der Waals surface area contributed by atoms with Gasteiger partial charge < -0.3 is 5.11 Å². The van der Waals surface area contributed by atoms with Crippen LogP contribution in [-0.4, -0.2) is 26.9 Å². The lowest BCUT2D eigenvalue weighted by Crippen LogP contribution is -2.03. The number of rotatable bonds is 4. The molecule has 0 aliphatic heterocycles. The third kappa shape index (κ3) is 3.99. The molecule has 0 aliphatic carbocycles. The summed E-state index contributed by atoms with van der Waals surface area (Å²) in [5.41, 5.74) is -0.465. The van der Waals surface area contributed by atoms with Gasteiger partial charge in [0.25, 0.3) is 0 Å². The summed E-state index contributed by atoms with van der Waals surface area (Å²) >= 11 is 1.07. The summed E-state index contributed by atoms with van der Waals surface area (Å²) in [5, 5.41) is 8.65. The van der Waals surface area contributed by atoms with Crippen molar-refractivity contribution in [2.24, 2.45) is 0 Å². The summed E-state index contributed by atoms with van der Waals surface area (Å²) in [6.07, 6.45) is 4.14. The molecule has 0 amide bonds. The molecule has 0 atom stereocenters. The Hall–Kier alpha value is -1.69. The highest BCUT2D eigenvalue weighted by molar-refractivity contribution is 8.13. The molecule has 4 nitrogen and oxygen atoms in total. The highest BCUT2D eigenvalue weighted by atomic mass is 32.2. The summed E-state index contributed by atoms with van der Waals surface area (Å²) in [5.74, 6) is -1.81. The Kier molecular flexibility index (Phi) is 4.84. The van der Waals surface area contributed by atoms with Gasteiger partial charge in [-0.2, -0.15) is 0 Å². The lowest BCUT2D eigenvalue weighted by Gasteiger charge is -1.99. The van der Waals surface area contributed by atoms with Crippen molar-refractivity contribution < 1.29 is 19.1 Å². The lowest BCUT2D eigenvalue weighted by molar-refractivity contribution is -0.109. The zero-order chi connectivity index (χ0) is 12.8. The number of hydrogen-bond donors (Lipinski definition) is 1. The van der Waals surface area contributed by atoms with Crippen LogP contribution in [0.5, 0.6) is 0 Å². The van der Waals surface area contributed by atoms with Gasteiger partial charge in [0, 0.05) is 18.9 Å². The van der Waals surface area contributed by atoms with Gasteiger partial charge in [0.1, 0.15) is 0 Å². The molecule has 0 unspecified atom stereocenters. The van der Waals surface area contributed by atoms with Gasteiger partial charge in [-0.15, -0.1) is 0 Å². The van der Waals surface area contributed by atoms with E-state index in [2.05, 4.69) is 4.98 Å². The lowest BCUT2D eigenvalue weighted by atomic mass is 10.2. The minimum atomic E-state index is -1.34. The van der Waals surface area contributed by atoms with Crippen LogP contribution in [0, 0.1) is 5.82 Å². The molecule has 1 N–H and O–H groups in total. The molecule has 0 bridgehead atoms. The smallest absolute Gasteiger partial charge is 0.338 e. The average Bonchev–Trinajstić information content (AvgIpc) is 2.25. The van der Waals surface area contributed by atoms with Crippen LogP contribution in [-0.2, 0) is 4.79 Å². The summed E-state index contributed by atoms with van der Waals surface area (Å²) in [6, 6.07) is 1.10. The number of carbonyl (C=O) groups is 2. The maximum absolute atomic E-state index is 13.5. The number of aromatic carboxylic acids is 1. The average molecular weight is 255 g/mol. The number of pyridine rings is 1. The van der Waals surface area contributed by atoms with Crippen LogP contribution < -0.4 is 0 Å². The Bertz CT molecular complexity index is 474. The molecule has 1 rings (SSSR count). The second-order valence-corrected chi connectivity index (χ2v) is 4.26. The normalized spacial score (nSPS) is 10.7. The van der Waals surface area contributed by atoms with E-state index in [1.54, 1.807) is 6.08 Å². The number of carboxylic acids is 1. The van der Waals surface area contributed by atoms with E-state index in [4.69, 9.17) is 5.11 Å². The molecule has 0 spiro atoms. The number of thioether (sulfide) groups is 1. The van der Waals surface area contributed by atoms with E-state index in [9.17, 15) is 14.0 Å². The number of carbonyl (C=O) groups excluding carboxylic acids is 1. The minimum absolute atomic E-state index is 0.0395. The third-order valence-corrected chi connectivity index (χ3v) is 2.57. The molecular weight excluding hydrogens is 245 g/mol. The number of aromatic nitrogens is 1. The number of carboxylic acid groups (broad SMARTS) is 1. The first-order valence-corrected chi connectivity index (χ1v) is 5.68. The van der Waals surface area contributed by atoms with Crippen LogP contribution in [0.3, 0.4) is 0 Å².